The monoisotopic (exact) mass is 362 g/mol. The second-order valence-corrected chi connectivity index (χ2v) is 7.80. The smallest absolute Gasteiger partial charge is 0.299 e. The van der Waals surface area contributed by atoms with Crippen molar-refractivity contribution in [3.05, 3.63) is 65.2 Å². The lowest BCUT2D eigenvalue weighted by Gasteiger charge is -2.32. The highest BCUT2D eigenvalue weighted by Crippen LogP contribution is 2.31. The van der Waals surface area contributed by atoms with Gasteiger partial charge < -0.3 is 4.90 Å². The van der Waals surface area contributed by atoms with Crippen molar-refractivity contribution in [3.8, 4) is 0 Å². The Hall–Kier alpha value is -2.46. The highest BCUT2D eigenvalue weighted by Gasteiger charge is 2.35. The Morgan fingerprint density at radius 3 is 2.48 bits per heavy atom. The molecule has 1 amide bonds. The fourth-order valence-electron chi connectivity index (χ4n) is 4.22. The van der Waals surface area contributed by atoms with E-state index in [9.17, 15) is 9.59 Å². The molecule has 4 heteroatoms. The molecule has 0 N–H and O–H groups in total. The molecule has 0 unspecified atom stereocenters. The maximum Gasteiger partial charge on any atom is 0.299 e. The standard InChI is InChI=1S/C23H26N2O2/c1-17-7-8-21-20(15-17)22(26)23(27)25(21)14-11-18-9-12-24(13-10-18)16-19-5-3-2-4-6-19/h2-8,15,18H,9-14,16H2,1H3. The van der Waals surface area contributed by atoms with Crippen molar-refractivity contribution in [1.29, 1.82) is 0 Å². The van der Waals surface area contributed by atoms with Gasteiger partial charge in [0.2, 0.25) is 0 Å². The number of anilines is 1. The summed E-state index contributed by atoms with van der Waals surface area (Å²) in [7, 11) is 0. The second-order valence-electron chi connectivity index (χ2n) is 7.80. The molecule has 4 nitrogen and oxygen atoms in total. The molecule has 4 rings (SSSR count). The van der Waals surface area contributed by atoms with Gasteiger partial charge in [0.05, 0.1) is 11.3 Å². The minimum absolute atomic E-state index is 0.355. The Morgan fingerprint density at radius 2 is 1.74 bits per heavy atom. The first-order chi connectivity index (χ1) is 13.1. The number of carbonyl (C=O) groups is 2. The van der Waals surface area contributed by atoms with Gasteiger partial charge in [-0.3, -0.25) is 14.5 Å². The van der Waals surface area contributed by atoms with Crippen LogP contribution in [-0.2, 0) is 11.3 Å². The minimum Gasteiger partial charge on any atom is -0.305 e. The number of hydrogen-bond donors (Lipinski definition) is 0. The number of benzene rings is 2. The fourth-order valence-corrected chi connectivity index (χ4v) is 4.22. The highest BCUT2D eigenvalue weighted by molar-refractivity contribution is 6.52. The second kappa shape index (κ2) is 7.65. The predicted octanol–water partition coefficient (Wildman–Crippen LogP) is 3.83. The van der Waals surface area contributed by atoms with Gasteiger partial charge in [0, 0.05) is 13.1 Å². The third-order valence-corrected chi connectivity index (χ3v) is 5.84. The lowest BCUT2D eigenvalue weighted by atomic mass is 9.93. The normalized spacial score (nSPS) is 18.2. The van der Waals surface area contributed by atoms with Crippen LogP contribution >= 0.6 is 0 Å². The number of likely N-dealkylation sites (tertiary alicyclic amines) is 1. The van der Waals surface area contributed by atoms with Gasteiger partial charge in [0.1, 0.15) is 0 Å². The molecule has 2 aromatic carbocycles. The number of amides is 1. The summed E-state index contributed by atoms with van der Waals surface area (Å²) in [6, 6.07) is 16.3. The topological polar surface area (TPSA) is 40.6 Å². The zero-order chi connectivity index (χ0) is 18.8. The molecule has 0 bridgehead atoms. The Bertz CT molecular complexity index is 839. The molecule has 2 aromatic rings. The first-order valence-corrected chi connectivity index (χ1v) is 9.85. The van der Waals surface area contributed by atoms with Crippen molar-refractivity contribution in [1.82, 2.24) is 4.90 Å². The van der Waals surface area contributed by atoms with Gasteiger partial charge in [-0.25, -0.2) is 0 Å². The summed E-state index contributed by atoms with van der Waals surface area (Å²) in [6.45, 7) is 5.80. The number of fused-ring (bicyclic) bond motifs is 1. The first-order valence-electron chi connectivity index (χ1n) is 9.85. The number of carbonyl (C=O) groups excluding carboxylic acids is 2. The van der Waals surface area contributed by atoms with Gasteiger partial charge in [-0.2, -0.15) is 0 Å². The summed E-state index contributed by atoms with van der Waals surface area (Å²) in [6.07, 6.45) is 3.28. The molecule has 1 saturated heterocycles. The largest absolute Gasteiger partial charge is 0.305 e. The van der Waals surface area contributed by atoms with Crippen LogP contribution in [0.25, 0.3) is 0 Å². The average Bonchev–Trinajstić information content (AvgIpc) is 2.92. The first kappa shape index (κ1) is 17.9. The molecule has 0 aliphatic carbocycles. The molecular weight excluding hydrogens is 336 g/mol. The summed E-state index contributed by atoms with van der Waals surface area (Å²) in [4.78, 5) is 28.8. The van der Waals surface area contributed by atoms with Crippen molar-refractivity contribution in [2.24, 2.45) is 5.92 Å². The lowest BCUT2D eigenvalue weighted by Crippen LogP contribution is -2.36. The highest BCUT2D eigenvalue weighted by atomic mass is 16.2. The molecule has 140 valence electrons. The summed E-state index contributed by atoms with van der Waals surface area (Å²) < 4.78 is 0. The molecule has 2 aliphatic rings. The molecule has 0 aromatic heterocycles. The van der Waals surface area contributed by atoms with E-state index >= 15 is 0 Å². The van der Waals surface area contributed by atoms with Crippen LogP contribution in [0.15, 0.2) is 48.5 Å². The predicted molar refractivity (Wildman–Crippen MR) is 107 cm³/mol. The van der Waals surface area contributed by atoms with Gasteiger partial charge in [0.15, 0.2) is 0 Å². The van der Waals surface area contributed by atoms with Crippen LogP contribution in [0.1, 0.15) is 40.7 Å². The van der Waals surface area contributed by atoms with Crippen molar-refractivity contribution in [2.45, 2.75) is 32.7 Å². The Labute approximate surface area is 160 Å². The number of nitrogens with zero attached hydrogens (tertiary/aromatic N) is 2. The fraction of sp³-hybridized carbons (Fsp3) is 0.391. The Balaban J connectivity index is 1.31. The summed E-state index contributed by atoms with van der Waals surface area (Å²) in [5.41, 5.74) is 3.74. The molecular formula is C23H26N2O2. The van der Waals surface area contributed by atoms with Crippen molar-refractivity contribution < 1.29 is 9.59 Å². The summed E-state index contributed by atoms with van der Waals surface area (Å²) >= 11 is 0. The maximum atomic E-state index is 12.4. The van der Waals surface area contributed by atoms with Gasteiger partial charge >= 0.3 is 0 Å². The van der Waals surface area contributed by atoms with Crippen LogP contribution in [0.5, 0.6) is 0 Å². The van der Waals surface area contributed by atoms with E-state index in [-0.39, 0.29) is 11.7 Å². The summed E-state index contributed by atoms with van der Waals surface area (Å²) in [5, 5.41) is 0. The lowest BCUT2D eigenvalue weighted by molar-refractivity contribution is -0.114. The number of piperidine rings is 1. The zero-order valence-corrected chi connectivity index (χ0v) is 15.9. The van der Waals surface area contributed by atoms with E-state index in [1.807, 2.05) is 25.1 Å². The third kappa shape index (κ3) is 3.81. The van der Waals surface area contributed by atoms with Crippen LogP contribution in [0, 0.1) is 12.8 Å². The maximum absolute atomic E-state index is 12.4. The van der Waals surface area contributed by atoms with E-state index in [4.69, 9.17) is 0 Å². The molecule has 0 radical (unpaired) electrons. The molecule has 2 heterocycles. The van der Waals surface area contributed by atoms with Crippen molar-refractivity contribution in [3.63, 3.8) is 0 Å². The van der Waals surface area contributed by atoms with E-state index in [0.29, 0.717) is 18.0 Å². The number of rotatable bonds is 5. The molecule has 0 saturated carbocycles. The molecule has 0 spiro atoms. The quantitative estimate of drug-likeness (QED) is 0.759. The van der Waals surface area contributed by atoms with E-state index in [0.717, 1.165) is 50.1 Å². The number of hydrogen-bond acceptors (Lipinski definition) is 3. The van der Waals surface area contributed by atoms with Crippen LogP contribution < -0.4 is 4.90 Å². The van der Waals surface area contributed by atoms with Crippen LogP contribution in [0.3, 0.4) is 0 Å². The van der Waals surface area contributed by atoms with Crippen LogP contribution in [0.2, 0.25) is 0 Å². The number of Topliss-reactive ketones (excluding diaryl/α,β-unsaturated/α-hetero) is 1. The zero-order valence-electron chi connectivity index (χ0n) is 15.9. The molecule has 0 atom stereocenters. The Morgan fingerprint density at radius 1 is 1.00 bits per heavy atom. The summed E-state index contributed by atoms with van der Waals surface area (Å²) in [5.74, 6) is -0.0992. The number of aryl methyl sites for hydroxylation is 1. The van der Waals surface area contributed by atoms with Gasteiger partial charge in [-0.15, -0.1) is 0 Å². The molecule has 1 fully saturated rings. The van der Waals surface area contributed by atoms with Gasteiger partial charge in [0.25, 0.3) is 11.7 Å². The molecule has 27 heavy (non-hydrogen) atoms. The third-order valence-electron chi connectivity index (χ3n) is 5.84. The average molecular weight is 362 g/mol. The van der Waals surface area contributed by atoms with Crippen LogP contribution in [0.4, 0.5) is 5.69 Å². The minimum atomic E-state index is -0.364. The SMILES string of the molecule is Cc1ccc2c(c1)C(=O)C(=O)N2CCC1CCN(Cc2ccccc2)CC1. The van der Waals surface area contributed by atoms with Gasteiger partial charge in [-0.1, -0.05) is 42.0 Å². The van der Waals surface area contributed by atoms with E-state index in [1.165, 1.54) is 5.56 Å². The van der Waals surface area contributed by atoms with E-state index in [1.54, 1.807) is 4.90 Å². The van der Waals surface area contributed by atoms with Crippen molar-refractivity contribution in [2.75, 3.05) is 24.5 Å². The van der Waals surface area contributed by atoms with Crippen LogP contribution in [-0.4, -0.2) is 36.2 Å². The Kier molecular flexibility index (Phi) is 5.08. The van der Waals surface area contributed by atoms with E-state index in [2.05, 4.69) is 35.2 Å². The van der Waals surface area contributed by atoms with Gasteiger partial charge in [-0.05, 0) is 62.9 Å². The van der Waals surface area contributed by atoms with Crippen molar-refractivity contribution >= 4 is 17.4 Å². The van der Waals surface area contributed by atoms with E-state index < -0.39 is 0 Å². The molecule has 2 aliphatic heterocycles. The number of ketones is 1.